The zero-order valence-electron chi connectivity index (χ0n) is 12.3. The van der Waals surface area contributed by atoms with Gasteiger partial charge >= 0.3 is 12.1 Å². The fourth-order valence-corrected chi connectivity index (χ4v) is 2.56. The molecule has 0 bridgehead atoms. The fraction of sp³-hybridized carbons (Fsp3) is 0.267. The van der Waals surface area contributed by atoms with Crippen LogP contribution in [0.15, 0.2) is 29.6 Å². The van der Waals surface area contributed by atoms with E-state index in [-0.39, 0.29) is 18.7 Å². The molecule has 0 aliphatic rings. The molecule has 0 saturated heterocycles. The molecule has 1 aromatic carbocycles. The quantitative estimate of drug-likeness (QED) is 0.831. The van der Waals surface area contributed by atoms with Crippen molar-refractivity contribution in [3.63, 3.8) is 0 Å². The van der Waals surface area contributed by atoms with E-state index in [1.165, 1.54) is 29.6 Å². The molecule has 0 spiro atoms. The minimum atomic E-state index is -4.21. The number of rotatable bonds is 6. The first kappa shape index (κ1) is 17.9. The third kappa shape index (κ3) is 5.34. The van der Waals surface area contributed by atoms with E-state index < -0.39 is 24.5 Å². The molecule has 2 aromatic rings. The molecular formula is C15H13F3N2O3S. The Morgan fingerprint density at radius 2 is 1.88 bits per heavy atom. The number of amides is 1. The Bertz CT molecular complexity index is 726. The second-order valence-electron chi connectivity index (χ2n) is 4.93. The third-order valence-corrected chi connectivity index (χ3v) is 3.93. The fourth-order valence-electron chi connectivity index (χ4n) is 1.86. The molecule has 1 heterocycles. The molecule has 128 valence electrons. The van der Waals surface area contributed by atoms with E-state index in [1.54, 1.807) is 0 Å². The van der Waals surface area contributed by atoms with Crippen molar-refractivity contribution in [2.24, 2.45) is 0 Å². The van der Waals surface area contributed by atoms with Crippen molar-refractivity contribution < 1.29 is 27.9 Å². The first-order valence-electron chi connectivity index (χ1n) is 6.86. The topological polar surface area (TPSA) is 79.3 Å². The monoisotopic (exact) mass is 358 g/mol. The average Bonchev–Trinajstić information content (AvgIpc) is 2.99. The number of carbonyl (C=O) groups excluding carboxylic acids is 1. The molecule has 0 radical (unpaired) electrons. The van der Waals surface area contributed by atoms with Gasteiger partial charge < -0.3 is 10.4 Å². The van der Waals surface area contributed by atoms with Crippen molar-refractivity contribution in [1.82, 2.24) is 10.3 Å². The van der Waals surface area contributed by atoms with Crippen molar-refractivity contribution in [3.8, 4) is 0 Å². The lowest BCUT2D eigenvalue weighted by Crippen LogP contribution is -2.22. The average molecular weight is 358 g/mol. The summed E-state index contributed by atoms with van der Waals surface area (Å²) < 4.78 is 36.5. The molecule has 0 saturated carbocycles. The highest BCUT2D eigenvalue weighted by Gasteiger charge is 2.26. The number of hydrogen-bond acceptors (Lipinski definition) is 4. The van der Waals surface area contributed by atoms with Crippen LogP contribution in [0.5, 0.6) is 0 Å². The molecule has 5 nitrogen and oxygen atoms in total. The first-order chi connectivity index (χ1) is 11.2. The van der Waals surface area contributed by atoms with Gasteiger partial charge in [0.15, 0.2) is 5.69 Å². The van der Waals surface area contributed by atoms with Crippen LogP contribution in [0, 0.1) is 0 Å². The molecule has 1 aromatic heterocycles. The molecule has 9 heteroatoms. The number of aromatic carboxylic acids is 1. The minimum Gasteiger partial charge on any atom is -0.476 e. The molecule has 1 amide bonds. The summed E-state index contributed by atoms with van der Waals surface area (Å²) >= 11 is 1.11. The van der Waals surface area contributed by atoms with Gasteiger partial charge in [-0.2, -0.15) is 13.2 Å². The zero-order chi connectivity index (χ0) is 17.7. The summed E-state index contributed by atoms with van der Waals surface area (Å²) in [5, 5.41) is 13.2. The summed E-state index contributed by atoms with van der Waals surface area (Å²) in [5.41, 5.74) is 0.717. The number of nitrogens with one attached hydrogen (secondary N) is 1. The number of nitrogens with zero attached hydrogens (tertiary/aromatic N) is 1. The third-order valence-electron chi connectivity index (χ3n) is 3.08. The van der Waals surface area contributed by atoms with Crippen molar-refractivity contribution in [2.75, 3.05) is 0 Å². The van der Waals surface area contributed by atoms with Crippen LogP contribution in [-0.2, 0) is 13.0 Å². The van der Waals surface area contributed by atoms with Crippen LogP contribution in [0.4, 0.5) is 13.2 Å². The minimum absolute atomic E-state index is 0.0760. The van der Waals surface area contributed by atoms with E-state index in [1.807, 2.05) is 0 Å². The molecule has 2 rings (SSSR count). The van der Waals surface area contributed by atoms with Crippen LogP contribution in [0.3, 0.4) is 0 Å². The maximum absolute atomic E-state index is 12.2. The largest absolute Gasteiger partial charge is 0.476 e. The Kier molecular flexibility index (Phi) is 5.55. The maximum atomic E-state index is 12.2. The molecule has 2 N–H and O–H groups in total. The standard InChI is InChI=1S/C15H13F3N2O3S/c16-15(17,18)6-5-9-1-3-10(4-2-9)13(21)19-7-12-20-11(8-24-12)14(22)23/h1-4,8H,5-7H2,(H,19,21)(H,22,23). The molecule has 0 atom stereocenters. The summed E-state index contributed by atoms with van der Waals surface area (Å²) in [5.74, 6) is -1.55. The van der Waals surface area contributed by atoms with E-state index in [2.05, 4.69) is 10.3 Å². The Morgan fingerprint density at radius 1 is 1.21 bits per heavy atom. The smallest absolute Gasteiger partial charge is 0.389 e. The van der Waals surface area contributed by atoms with E-state index in [0.29, 0.717) is 16.1 Å². The van der Waals surface area contributed by atoms with Gasteiger partial charge in [0.1, 0.15) is 5.01 Å². The lowest BCUT2D eigenvalue weighted by atomic mass is 10.1. The van der Waals surface area contributed by atoms with Crippen LogP contribution < -0.4 is 5.32 Å². The van der Waals surface area contributed by atoms with Crippen molar-refractivity contribution in [2.45, 2.75) is 25.6 Å². The van der Waals surface area contributed by atoms with E-state index in [4.69, 9.17) is 5.11 Å². The number of halogens is 3. The maximum Gasteiger partial charge on any atom is 0.389 e. The lowest BCUT2D eigenvalue weighted by molar-refractivity contribution is -0.134. The van der Waals surface area contributed by atoms with Crippen molar-refractivity contribution in [1.29, 1.82) is 0 Å². The number of aromatic nitrogens is 1. The second kappa shape index (κ2) is 7.43. The summed E-state index contributed by atoms with van der Waals surface area (Å²) in [6, 6.07) is 5.86. The molecular weight excluding hydrogens is 345 g/mol. The Labute approximate surface area is 139 Å². The lowest BCUT2D eigenvalue weighted by Gasteiger charge is -2.07. The summed E-state index contributed by atoms with van der Waals surface area (Å²) in [7, 11) is 0. The summed E-state index contributed by atoms with van der Waals surface area (Å²) in [6.07, 6.45) is -5.25. The number of thiazole rings is 1. The normalized spacial score (nSPS) is 11.3. The van der Waals surface area contributed by atoms with Gasteiger partial charge in [-0.25, -0.2) is 9.78 Å². The summed E-state index contributed by atoms with van der Waals surface area (Å²) in [6.45, 7) is 0.0760. The number of carboxylic acids is 1. The van der Waals surface area contributed by atoms with Crippen molar-refractivity contribution >= 4 is 23.2 Å². The molecule has 0 aliphatic carbocycles. The van der Waals surface area contributed by atoms with Gasteiger partial charge in [-0.1, -0.05) is 12.1 Å². The Hall–Kier alpha value is -2.42. The van der Waals surface area contributed by atoms with E-state index in [9.17, 15) is 22.8 Å². The van der Waals surface area contributed by atoms with Crippen molar-refractivity contribution in [3.05, 3.63) is 51.5 Å². The molecule has 0 aliphatic heterocycles. The number of carboxylic acid groups (broad SMARTS) is 1. The van der Waals surface area contributed by atoms with Crippen LogP contribution >= 0.6 is 11.3 Å². The summed E-state index contributed by atoms with van der Waals surface area (Å²) in [4.78, 5) is 26.5. The van der Waals surface area contributed by atoms with Gasteiger partial charge in [0.2, 0.25) is 0 Å². The number of hydrogen-bond donors (Lipinski definition) is 2. The highest BCUT2D eigenvalue weighted by atomic mass is 32.1. The Balaban J connectivity index is 1.89. The van der Waals surface area contributed by atoms with Crippen LogP contribution in [0.25, 0.3) is 0 Å². The van der Waals surface area contributed by atoms with Gasteiger partial charge in [-0.05, 0) is 24.1 Å². The van der Waals surface area contributed by atoms with Gasteiger partial charge in [-0.3, -0.25) is 4.79 Å². The Morgan fingerprint density at radius 3 is 2.42 bits per heavy atom. The van der Waals surface area contributed by atoms with Crippen LogP contribution in [-0.4, -0.2) is 28.1 Å². The van der Waals surface area contributed by atoms with Crippen LogP contribution in [0.1, 0.15) is 37.8 Å². The first-order valence-corrected chi connectivity index (χ1v) is 7.74. The highest BCUT2D eigenvalue weighted by molar-refractivity contribution is 7.09. The number of carbonyl (C=O) groups is 2. The predicted molar refractivity (Wildman–Crippen MR) is 81.1 cm³/mol. The SMILES string of the molecule is O=C(NCc1nc(C(=O)O)cs1)c1ccc(CCC(F)(F)F)cc1. The molecule has 0 unspecified atom stereocenters. The molecule has 0 fully saturated rings. The van der Waals surface area contributed by atoms with Gasteiger partial charge in [0, 0.05) is 17.4 Å². The van der Waals surface area contributed by atoms with Crippen LogP contribution in [0.2, 0.25) is 0 Å². The zero-order valence-corrected chi connectivity index (χ0v) is 13.1. The van der Waals surface area contributed by atoms with Gasteiger partial charge in [-0.15, -0.1) is 11.3 Å². The number of benzene rings is 1. The second-order valence-corrected chi connectivity index (χ2v) is 5.87. The van der Waals surface area contributed by atoms with Gasteiger partial charge in [0.05, 0.1) is 6.54 Å². The highest BCUT2D eigenvalue weighted by Crippen LogP contribution is 2.22. The molecule has 24 heavy (non-hydrogen) atoms. The van der Waals surface area contributed by atoms with E-state index in [0.717, 1.165) is 11.3 Å². The number of aryl methyl sites for hydroxylation is 1. The van der Waals surface area contributed by atoms with E-state index >= 15 is 0 Å². The predicted octanol–water partition coefficient (Wildman–Crippen LogP) is 3.27. The number of alkyl halides is 3. The van der Waals surface area contributed by atoms with Gasteiger partial charge in [0.25, 0.3) is 5.91 Å².